The zero-order valence-corrected chi connectivity index (χ0v) is 19.4. The summed E-state index contributed by atoms with van der Waals surface area (Å²) in [6, 6.07) is 22.2. The maximum absolute atomic E-state index is 12.6. The summed E-state index contributed by atoms with van der Waals surface area (Å²) in [5.74, 6) is -0.327. The van der Waals surface area contributed by atoms with Gasteiger partial charge in [0.25, 0.3) is 0 Å². The number of nitrogens with zero attached hydrogens (tertiary/aromatic N) is 1. The van der Waals surface area contributed by atoms with Gasteiger partial charge in [-0.2, -0.15) is 0 Å². The van der Waals surface area contributed by atoms with Gasteiger partial charge in [0.15, 0.2) is 0 Å². The lowest BCUT2D eigenvalue weighted by atomic mass is 10.1. The van der Waals surface area contributed by atoms with Crippen LogP contribution < -0.4 is 10.1 Å². The number of nitrogens with one attached hydrogen (secondary N) is 1. The molecule has 1 heterocycles. The normalized spacial score (nSPS) is 11.4. The number of amides is 1. The zero-order chi connectivity index (χ0) is 23.4. The average molecular weight is 505 g/mol. The Morgan fingerprint density at radius 1 is 1.03 bits per heavy atom. The number of carbonyl (C=O) groups excluding carboxylic acids is 1. The third kappa shape index (κ3) is 5.32. The van der Waals surface area contributed by atoms with Crippen molar-refractivity contribution >= 4 is 44.8 Å². The van der Waals surface area contributed by atoms with Crippen LogP contribution in [-0.2, 0) is 23.1 Å². The Morgan fingerprint density at radius 3 is 2.45 bits per heavy atom. The molecular formula is C26H21BrN2O4. The lowest BCUT2D eigenvalue weighted by Gasteiger charge is -2.08. The van der Waals surface area contributed by atoms with Crippen LogP contribution in [0.5, 0.6) is 11.5 Å². The Balaban J connectivity index is 1.47. The molecule has 166 valence electrons. The molecule has 2 N–H and O–H groups in total. The molecule has 0 fully saturated rings. The van der Waals surface area contributed by atoms with Gasteiger partial charge in [-0.1, -0.05) is 42.5 Å². The molecule has 0 radical (unpaired) electrons. The molecule has 1 amide bonds. The highest BCUT2D eigenvalue weighted by atomic mass is 79.9. The molecule has 7 heteroatoms. The summed E-state index contributed by atoms with van der Waals surface area (Å²) >= 11 is 3.44. The molecular weight excluding hydrogens is 484 g/mol. The molecule has 0 unspecified atom stereocenters. The lowest BCUT2D eigenvalue weighted by molar-refractivity contribution is -0.134. The highest BCUT2D eigenvalue weighted by molar-refractivity contribution is 9.10. The number of aliphatic carboxylic acids is 1. The second-order valence-electron chi connectivity index (χ2n) is 7.47. The summed E-state index contributed by atoms with van der Waals surface area (Å²) in [5.41, 5.74) is 2.28. The molecule has 1 aromatic heterocycles. The van der Waals surface area contributed by atoms with Crippen molar-refractivity contribution in [3.05, 3.63) is 100 Å². The number of para-hydroxylation sites is 2. The van der Waals surface area contributed by atoms with E-state index in [0.29, 0.717) is 17.1 Å². The first-order valence-electron chi connectivity index (χ1n) is 10.2. The minimum Gasteiger partial charge on any atom is -0.477 e. The second kappa shape index (κ2) is 9.75. The largest absolute Gasteiger partial charge is 0.477 e. The number of rotatable bonds is 7. The van der Waals surface area contributed by atoms with Crippen LogP contribution in [-0.4, -0.2) is 21.6 Å². The molecule has 0 saturated heterocycles. The van der Waals surface area contributed by atoms with E-state index >= 15 is 0 Å². The summed E-state index contributed by atoms with van der Waals surface area (Å²) < 4.78 is 8.61. The molecule has 0 bridgehead atoms. The Bertz CT molecular complexity index is 1360. The molecule has 0 spiro atoms. The first-order chi connectivity index (χ1) is 15.9. The predicted molar refractivity (Wildman–Crippen MR) is 131 cm³/mol. The van der Waals surface area contributed by atoms with Gasteiger partial charge < -0.3 is 19.7 Å². The molecule has 0 aliphatic rings. The summed E-state index contributed by atoms with van der Waals surface area (Å²) in [4.78, 5) is 24.3. The fourth-order valence-electron chi connectivity index (χ4n) is 3.54. The van der Waals surface area contributed by atoms with Crippen molar-refractivity contribution in [2.75, 3.05) is 0 Å². The van der Waals surface area contributed by atoms with Crippen LogP contribution in [0.4, 0.5) is 0 Å². The van der Waals surface area contributed by atoms with Crippen LogP contribution >= 0.6 is 15.9 Å². The van der Waals surface area contributed by atoms with Crippen molar-refractivity contribution < 1.29 is 19.4 Å². The molecule has 6 nitrogen and oxygen atoms in total. The number of ether oxygens (including phenoxy) is 1. The fraction of sp³-hybridized carbons (Fsp3) is 0.0769. The van der Waals surface area contributed by atoms with Gasteiger partial charge in [0, 0.05) is 24.1 Å². The summed E-state index contributed by atoms with van der Waals surface area (Å²) in [7, 11) is 1.91. The van der Waals surface area contributed by atoms with E-state index in [0.717, 1.165) is 20.9 Å². The average Bonchev–Trinajstić information content (AvgIpc) is 3.11. The lowest BCUT2D eigenvalue weighted by Crippen LogP contribution is -2.28. The topological polar surface area (TPSA) is 80.6 Å². The van der Waals surface area contributed by atoms with E-state index in [2.05, 4.69) is 21.2 Å². The standard InChI is InChI=1S/C26H21BrN2O4/c1-29-16-18(20-6-2-4-8-23(20)29)15-25(30)28-22(26(31)32)14-17-10-12-19(13-11-17)33-24-9-5-3-7-21(24)27/h2-14,16H,15H2,1H3,(H,28,30)(H,31,32)/b22-14-. The highest BCUT2D eigenvalue weighted by Crippen LogP contribution is 2.29. The van der Waals surface area contributed by atoms with E-state index in [1.165, 1.54) is 6.08 Å². The number of benzene rings is 3. The smallest absolute Gasteiger partial charge is 0.352 e. The summed E-state index contributed by atoms with van der Waals surface area (Å²) in [5, 5.41) is 13.1. The van der Waals surface area contributed by atoms with Gasteiger partial charge in [-0.25, -0.2) is 4.79 Å². The third-order valence-electron chi connectivity index (χ3n) is 5.09. The molecule has 0 atom stereocenters. The van der Waals surface area contributed by atoms with Crippen LogP contribution in [0.25, 0.3) is 17.0 Å². The Morgan fingerprint density at radius 2 is 1.73 bits per heavy atom. The van der Waals surface area contributed by atoms with Gasteiger partial charge in [0.05, 0.1) is 10.9 Å². The zero-order valence-electron chi connectivity index (χ0n) is 17.8. The quantitative estimate of drug-likeness (QED) is 0.325. The van der Waals surface area contributed by atoms with E-state index < -0.39 is 11.9 Å². The van der Waals surface area contributed by atoms with E-state index in [9.17, 15) is 14.7 Å². The van der Waals surface area contributed by atoms with Gasteiger partial charge in [0.2, 0.25) is 5.91 Å². The molecule has 4 aromatic rings. The fourth-order valence-corrected chi connectivity index (χ4v) is 3.90. The number of hydrogen-bond acceptors (Lipinski definition) is 3. The Labute approximate surface area is 199 Å². The van der Waals surface area contributed by atoms with E-state index in [4.69, 9.17) is 4.74 Å². The Kier molecular flexibility index (Phi) is 6.60. The number of halogens is 1. The number of carboxylic acids is 1. The van der Waals surface area contributed by atoms with Crippen molar-refractivity contribution in [1.29, 1.82) is 0 Å². The van der Waals surface area contributed by atoms with Crippen molar-refractivity contribution in [1.82, 2.24) is 9.88 Å². The molecule has 4 rings (SSSR count). The minimum absolute atomic E-state index is 0.0741. The van der Waals surface area contributed by atoms with Crippen LogP contribution in [0.1, 0.15) is 11.1 Å². The predicted octanol–water partition coefficient (Wildman–Crippen LogP) is 5.52. The summed E-state index contributed by atoms with van der Waals surface area (Å²) in [6.45, 7) is 0. The van der Waals surface area contributed by atoms with Crippen molar-refractivity contribution in [3.63, 3.8) is 0 Å². The van der Waals surface area contributed by atoms with Crippen molar-refractivity contribution in [3.8, 4) is 11.5 Å². The maximum atomic E-state index is 12.6. The van der Waals surface area contributed by atoms with E-state index in [1.807, 2.05) is 66.3 Å². The number of hydrogen-bond donors (Lipinski definition) is 2. The minimum atomic E-state index is -1.21. The van der Waals surface area contributed by atoms with Gasteiger partial charge >= 0.3 is 5.97 Å². The molecule has 0 aliphatic carbocycles. The number of aryl methyl sites for hydroxylation is 1. The SMILES string of the molecule is Cn1cc(CC(=O)N/C(=C\c2ccc(Oc3ccccc3Br)cc2)C(=O)O)c2ccccc21. The van der Waals surface area contributed by atoms with Crippen LogP contribution in [0.15, 0.2) is 89.2 Å². The second-order valence-corrected chi connectivity index (χ2v) is 8.33. The molecule has 33 heavy (non-hydrogen) atoms. The molecule has 0 saturated carbocycles. The number of carboxylic acid groups (broad SMARTS) is 1. The van der Waals surface area contributed by atoms with Gasteiger partial charge in [-0.15, -0.1) is 0 Å². The van der Waals surface area contributed by atoms with Gasteiger partial charge in [-0.05, 0) is 63.5 Å². The summed E-state index contributed by atoms with van der Waals surface area (Å²) in [6.07, 6.45) is 3.38. The highest BCUT2D eigenvalue weighted by Gasteiger charge is 2.15. The maximum Gasteiger partial charge on any atom is 0.352 e. The van der Waals surface area contributed by atoms with Crippen molar-refractivity contribution in [2.45, 2.75) is 6.42 Å². The van der Waals surface area contributed by atoms with Gasteiger partial charge in [-0.3, -0.25) is 4.79 Å². The van der Waals surface area contributed by atoms with Crippen LogP contribution in [0.3, 0.4) is 0 Å². The van der Waals surface area contributed by atoms with E-state index in [-0.39, 0.29) is 12.1 Å². The number of carbonyl (C=O) groups is 2. The Hall–Kier alpha value is -3.84. The first kappa shape index (κ1) is 22.4. The monoisotopic (exact) mass is 504 g/mol. The van der Waals surface area contributed by atoms with Crippen LogP contribution in [0.2, 0.25) is 0 Å². The van der Waals surface area contributed by atoms with Gasteiger partial charge in [0.1, 0.15) is 17.2 Å². The number of fused-ring (bicyclic) bond motifs is 1. The molecule has 3 aromatic carbocycles. The number of aromatic nitrogens is 1. The van der Waals surface area contributed by atoms with E-state index in [1.54, 1.807) is 24.3 Å². The van der Waals surface area contributed by atoms with Crippen molar-refractivity contribution in [2.24, 2.45) is 7.05 Å². The third-order valence-corrected chi connectivity index (χ3v) is 5.75. The molecule has 0 aliphatic heterocycles. The van der Waals surface area contributed by atoms with Crippen LogP contribution in [0, 0.1) is 0 Å². The first-order valence-corrected chi connectivity index (χ1v) is 11.0.